The Labute approximate surface area is 132 Å². The molecule has 0 atom stereocenters. The zero-order valence-electron chi connectivity index (χ0n) is 11.4. The number of hydrogen-bond acceptors (Lipinski definition) is 1. The van der Waals surface area contributed by atoms with Crippen molar-refractivity contribution in [2.24, 2.45) is 5.92 Å². The average Bonchev–Trinajstić information content (AvgIpc) is 2.44. The Balaban J connectivity index is 1.98. The molecule has 0 bridgehead atoms. The summed E-state index contributed by atoms with van der Waals surface area (Å²) in [5.74, 6) is -3.33. The Kier molecular flexibility index (Phi) is 5.09. The normalized spacial score (nSPS) is 16.9. The van der Waals surface area contributed by atoms with Gasteiger partial charge in [0.2, 0.25) is 5.91 Å². The molecule has 0 unspecified atom stereocenters. The molecule has 2 rings (SSSR count). The van der Waals surface area contributed by atoms with Crippen molar-refractivity contribution in [1.29, 1.82) is 0 Å². The van der Waals surface area contributed by atoms with Crippen molar-refractivity contribution in [3.8, 4) is 0 Å². The molecule has 0 N–H and O–H groups in total. The molecular weight excluding hydrogens is 373 g/mol. The van der Waals surface area contributed by atoms with Gasteiger partial charge in [0, 0.05) is 18.7 Å². The van der Waals surface area contributed by atoms with Gasteiger partial charge in [-0.3, -0.25) is 4.79 Å². The van der Waals surface area contributed by atoms with Crippen molar-refractivity contribution in [1.82, 2.24) is 4.90 Å². The lowest BCUT2D eigenvalue weighted by molar-refractivity contribution is -0.186. The first-order valence-corrected chi connectivity index (χ1v) is 7.45. The van der Waals surface area contributed by atoms with Crippen LogP contribution in [0, 0.1) is 17.6 Å². The molecule has 8 heteroatoms. The standard InChI is InChI=1S/C14H13BrF5NO/c15-10-7-11(16)8(5-12(10)17)6-13(22)21-3-1-9(2-4-21)14(18,19)20/h5,7,9H,1-4,6H2. The van der Waals surface area contributed by atoms with Crippen LogP contribution in [-0.2, 0) is 11.2 Å². The van der Waals surface area contributed by atoms with Crippen LogP contribution in [0.3, 0.4) is 0 Å². The highest BCUT2D eigenvalue weighted by Crippen LogP contribution is 2.34. The summed E-state index contributed by atoms with van der Waals surface area (Å²) >= 11 is 2.83. The first-order chi connectivity index (χ1) is 10.2. The highest BCUT2D eigenvalue weighted by Gasteiger charge is 2.41. The van der Waals surface area contributed by atoms with Crippen molar-refractivity contribution in [3.05, 3.63) is 33.8 Å². The fourth-order valence-electron chi connectivity index (χ4n) is 2.43. The second kappa shape index (κ2) is 6.52. The van der Waals surface area contributed by atoms with Gasteiger partial charge in [-0.15, -0.1) is 0 Å². The van der Waals surface area contributed by atoms with E-state index >= 15 is 0 Å². The van der Waals surface area contributed by atoms with E-state index in [1.165, 1.54) is 4.90 Å². The van der Waals surface area contributed by atoms with Gasteiger partial charge in [-0.05, 0) is 40.9 Å². The third kappa shape index (κ3) is 3.97. The number of carbonyl (C=O) groups is 1. The molecule has 0 aromatic heterocycles. The zero-order valence-corrected chi connectivity index (χ0v) is 13.0. The van der Waals surface area contributed by atoms with Gasteiger partial charge in [0.05, 0.1) is 16.8 Å². The molecule has 0 saturated carbocycles. The molecule has 0 spiro atoms. The maximum atomic E-state index is 13.7. The lowest BCUT2D eigenvalue weighted by Crippen LogP contribution is -2.42. The van der Waals surface area contributed by atoms with Crippen LogP contribution in [0.5, 0.6) is 0 Å². The lowest BCUT2D eigenvalue weighted by Gasteiger charge is -2.33. The molecule has 1 aromatic carbocycles. The van der Waals surface area contributed by atoms with Crippen LogP contribution >= 0.6 is 15.9 Å². The van der Waals surface area contributed by atoms with Crippen LogP contribution in [0.4, 0.5) is 22.0 Å². The number of hydrogen-bond donors (Lipinski definition) is 0. The average molecular weight is 386 g/mol. The van der Waals surface area contributed by atoms with E-state index in [0.29, 0.717) is 0 Å². The maximum absolute atomic E-state index is 13.7. The Hall–Kier alpha value is -1.18. The third-order valence-electron chi connectivity index (χ3n) is 3.74. The molecule has 0 aliphatic carbocycles. The largest absolute Gasteiger partial charge is 0.391 e. The van der Waals surface area contributed by atoms with Crippen molar-refractivity contribution < 1.29 is 26.7 Å². The molecule has 1 heterocycles. The number of likely N-dealkylation sites (tertiary alicyclic amines) is 1. The van der Waals surface area contributed by atoms with Gasteiger partial charge >= 0.3 is 6.18 Å². The molecule has 0 radical (unpaired) electrons. The molecule has 22 heavy (non-hydrogen) atoms. The van der Waals surface area contributed by atoms with Gasteiger partial charge in [-0.1, -0.05) is 0 Å². The number of carbonyl (C=O) groups excluding carboxylic acids is 1. The van der Waals surface area contributed by atoms with E-state index in [-0.39, 0.29) is 42.4 Å². The van der Waals surface area contributed by atoms with Crippen molar-refractivity contribution >= 4 is 21.8 Å². The zero-order chi connectivity index (χ0) is 16.5. The smallest absolute Gasteiger partial charge is 0.342 e. The maximum Gasteiger partial charge on any atom is 0.391 e. The fourth-order valence-corrected chi connectivity index (χ4v) is 2.75. The molecule has 1 aliphatic rings. The van der Waals surface area contributed by atoms with E-state index in [1.54, 1.807) is 0 Å². The number of nitrogens with zero attached hydrogens (tertiary/aromatic N) is 1. The highest BCUT2D eigenvalue weighted by molar-refractivity contribution is 9.10. The molecule has 2 nitrogen and oxygen atoms in total. The minimum atomic E-state index is -4.25. The molecule has 1 aliphatic heterocycles. The Morgan fingerprint density at radius 3 is 2.32 bits per heavy atom. The summed E-state index contributed by atoms with van der Waals surface area (Å²) in [6.07, 6.45) is -4.94. The second-order valence-electron chi connectivity index (χ2n) is 5.23. The molecule has 1 saturated heterocycles. The summed E-state index contributed by atoms with van der Waals surface area (Å²) < 4.78 is 64.6. The SMILES string of the molecule is O=C(Cc1cc(F)c(Br)cc1F)N1CCC(C(F)(F)F)CC1. The first-order valence-electron chi connectivity index (χ1n) is 6.66. The van der Waals surface area contributed by atoms with Crippen LogP contribution in [0.2, 0.25) is 0 Å². The van der Waals surface area contributed by atoms with Crippen LogP contribution in [0.15, 0.2) is 16.6 Å². The number of amides is 1. The van der Waals surface area contributed by atoms with E-state index in [1.807, 2.05) is 0 Å². The summed E-state index contributed by atoms with van der Waals surface area (Å²) in [6, 6.07) is 1.84. The highest BCUT2D eigenvalue weighted by atomic mass is 79.9. The van der Waals surface area contributed by atoms with Crippen molar-refractivity contribution in [3.63, 3.8) is 0 Å². The summed E-state index contributed by atoms with van der Waals surface area (Å²) in [7, 11) is 0. The Bertz CT molecular complexity index is 567. The van der Waals surface area contributed by atoms with Gasteiger partial charge < -0.3 is 4.90 Å². The van der Waals surface area contributed by atoms with E-state index in [4.69, 9.17) is 0 Å². The van der Waals surface area contributed by atoms with E-state index < -0.39 is 29.6 Å². The van der Waals surface area contributed by atoms with Crippen LogP contribution in [0.25, 0.3) is 0 Å². The number of halogens is 6. The Morgan fingerprint density at radius 1 is 1.18 bits per heavy atom. The third-order valence-corrected chi connectivity index (χ3v) is 4.35. The number of alkyl halides is 3. The van der Waals surface area contributed by atoms with Gasteiger partial charge in [0.15, 0.2) is 0 Å². The van der Waals surface area contributed by atoms with Crippen LogP contribution in [-0.4, -0.2) is 30.1 Å². The summed E-state index contributed by atoms with van der Waals surface area (Å²) in [6.45, 7) is -0.0483. The lowest BCUT2D eigenvalue weighted by atomic mass is 9.96. The first kappa shape index (κ1) is 17.2. The molecule has 1 fully saturated rings. The Morgan fingerprint density at radius 2 is 1.77 bits per heavy atom. The fraction of sp³-hybridized carbons (Fsp3) is 0.500. The molecule has 1 amide bonds. The minimum Gasteiger partial charge on any atom is -0.342 e. The summed E-state index contributed by atoms with van der Waals surface area (Å²) in [5.41, 5.74) is -0.108. The molecule has 122 valence electrons. The molecular formula is C14H13BrF5NO. The predicted octanol–water partition coefficient (Wildman–Crippen LogP) is 4.07. The topological polar surface area (TPSA) is 20.3 Å². The van der Waals surface area contributed by atoms with Crippen molar-refractivity contribution in [2.75, 3.05) is 13.1 Å². The van der Waals surface area contributed by atoms with Gasteiger partial charge in [-0.2, -0.15) is 13.2 Å². The predicted molar refractivity (Wildman–Crippen MR) is 73.1 cm³/mol. The quantitative estimate of drug-likeness (QED) is 0.555. The van der Waals surface area contributed by atoms with Gasteiger partial charge in [0.25, 0.3) is 0 Å². The number of benzene rings is 1. The van der Waals surface area contributed by atoms with Gasteiger partial charge in [0.1, 0.15) is 11.6 Å². The van der Waals surface area contributed by atoms with Crippen LogP contribution < -0.4 is 0 Å². The number of piperidine rings is 1. The monoisotopic (exact) mass is 385 g/mol. The minimum absolute atomic E-state index is 0.0242. The second-order valence-corrected chi connectivity index (χ2v) is 6.09. The summed E-state index contributed by atoms with van der Waals surface area (Å²) in [4.78, 5) is 13.3. The summed E-state index contributed by atoms with van der Waals surface area (Å²) in [5, 5.41) is 0. The van der Waals surface area contributed by atoms with Crippen LogP contribution in [0.1, 0.15) is 18.4 Å². The van der Waals surface area contributed by atoms with Gasteiger partial charge in [-0.25, -0.2) is 8.78 Å². The van der Waals surface area contributed by atoms with E-state index in [0.717, 1.165) is 12.1 Å². The van der Waals surface area contributed by atoms with E-state index in [9.17, 15) is 26.7 Å². The molecule has 1 aromatic rings. The van der Waals surface area contributed by atoms with E-state index in [2.05, 4.69) is 15.9 Å². The van der Waals surface area contributed by atoms with Crippen molar-refractivity contribution in [2.45, 2.75) is 25.4 Å². The number of rotatable bonds is 2.